The fraction of sp³-hybridized carbons (Fsp3) is 0.556. The molecule has 0 fully saturated rings. The molecule has 1 aromatic carbocycles. The van der Waals surface area contributed by atoms with Crippen molar-refractivity contribution in [3.63, 3.8) is 0 Å². The first-order chi connectivity index (χ1) is 18.8. The van der Waals surface area contributed by atoms with E-state index in [-0.39, 0.29) is 64.8 Å². The van der Waals surface area contributed by atoms with E-state index in [1.54, 1.807) is 4.57 Å². The average Bonchev–Trinajstić information content (AvgIpc) is 3.08. The number of amidine groups is 1. The number of nitrogens with zero attached hydrogens (tertiary/aromatic N) is 2. The second-order valence-corrected chi connectivity index (χ2v) is 16.1. The van der Waals surface area contributed by atoms with E-state index in [2.05, 4.69) is 40.9 Å². The first kappa shape index (κ1) is 32.5. The molecule has 0 aliphatic carbocycles. The number of carbonyl (C=O) groups is 1. The highest BCUT2D eigenvalue weighted by Crippen LogP contribution is 2.54. The van der Waals surface area contributed by atoms with E-state index in [0.29, 0.717) is 24.3 Å². The zero-order valence-electron chi connectivity index (χ0n) is 25.0. The Labute approximate surface area is 242 Å². The summed E-state index contributed by atoms with van der Waals surface area (Å²) in [6, 6.07) is 4.38. The van der Waals surface area contributed by atoms with Crippen LogP contribution in [0.25, 0.3) is 0 Å². The highest BCUT2D eigenvalue weighted by molar-refractivity contribution is 7.92. The normalized spacial score (nSPS) is 17.4. The molecule has 5 N–H and O–H groups in total. The van der Waals surface area contributed by atoms with Crippen LogP contribution >= 0.6 is 7.52 Å². The summed E-state index contributed by atoms with van der Waals surface area (Å²) >= 11 is 0. The van der Waals surface area contributed by atoms with Gasteiger partial charge >= 0.3 is 7.52 Å². The summed E-state index contributed by atoms with van der Waals surface area (Å²) in [6.07, 6.45) is 2.11. The molecule has 12 nitrogen and oxygen atoms in total. The maximum atomic E-state index is 14.3. The van der Waals surface area contributed by atoms with Crippen LogP contribution in [0.1, 0.15) is 72.1 Å². The van der Waals surface area contributed by atoms with Crippen LogP contribution in [0.3, 0.4) is 0 Å². The summed E-state index contributed by atoms with van der Waals surface area (Å²) in [5.41, 5.74) is 0.353. The van der Waals surface area contributed by atoms with Crippen molar-refractivity contribution in [3.05, 3.63) is 29.5 Å². The maximum Gasteiger partial charge on any atom is 0.348 e. The lowest BCUT2D eigenvalue weighted by Crippen LogP contribution is -2.26. The minimum atomic E-state index is -4.09. The van der Waals surface area contributed by atoms with Crippen LogP contribution in [-0.4, -0.2) is 54.9 Å². The van der Waals surface area contributed by atoms with Crippen LogP contribution in [0, 0.1) is 5.41 Å². The van der Waals surface area contributed by atoms with E-state index >= 15 is 0 Å². The Morgan fingerprint density at radius 3 is 2.39 bits per heavy atom. The SMILES string of the molecule is CNC(=O)CCCOP1(=O)N=C(c2c(O)c(C(C)(C)C)n(CCC(C)(C)C)c2O)Nc2ccc(NS(C)(=O)=O)cc21. The van der Waals surface area contributed by atoms with Gasteiger partial charge in [-0.2, -0.15) is 4.76 Å². The molecule has 0 saturated heterocycles. The number of anilines is 2. The van der Waals surface area contributed by atoms with Gasteiger partial charge in [-0.1, -0.05) is 41.5 Å². The van der Waals surface area contributed by atoms with Gasteiger partial charge in [0.1, 0.15) is 5.56 Å². The highest BCUT2D eigenvalue weighted by atomic mass is 32.2. The molecule has 0 spiro atoms. The Kier molecular flexibility index (Phi) is 9.27. The van der Waals surface area contributed by atoms with Crippen molar-refractivity contribution < 1.29 is 32.5 Å². The third kappa shape index (κ3) is 7.84. The molecule has 1 aliphatic heterocycles. The van der Waals surface area contributed by atoms with E-state index in [1.807, 2.05) is 20.8 Å². The predicted octanol–water partition coefficient (Wildman–Crippen LogP) is 4.24. The standard InChI is InChI=1S/C27H42N5O7PS/c1-26(2,3)13-14-32-23(27(4,5)6)22(34)21(25(32)35)24-29-18-12-11-17(31-41(8,37)38)16-19(18)40(36,30-24)39-15-9-10-20(33)28-7/h11-12,16,31,34-35H,9-10,13-15H2,1-8H3,(H,28,33)(H,29,30,36). The van der Waals surface area contributed by atoms with Gasteiger partial charge in [0.15, 0.2) is 11.6 Å². The molecular weight excluding hydrogens is 569 g/mol. The number of hydrogen-bond acceptors (Lipinski definition) is 8. The first-order valence-electron chi connectivity index (χ1n) is 13.4. The Morgan fingerprint density at radius 1 is 1.17 bits per heavy atom. The number of benzene rings is 1. The van der Waals surface area contributed by atoms with Gasteiger partial charge in [0.2, 0.25) is 21.8 Å². The lowest BCUT2D eigenvalue weighted by atomic mass is 9.89. The minimum absolute atomic E-state index is 0.0120. The molecule has 0 saturated carbocycles. The van der Waals surface area contributed by atoms with Gasteiger partial charge in [-0.15, -0.1) is 0 Å². The van der Waals surface area contributed by atoms with Gasteiger partial charge < -0.3 is 29.9 Å². The summed E-state index contributed by atoms with van der Waals surface area (Å²) in [4.78, 5) is 11.7. The third-order valence-corrected chi connectivity index (χ3v) is 9.01. The Morgan fingerprint density at radius 2 is 1.83 bits per heavy atom. The second-order valence-electron chi connectivity index (χ2n) is 12.4. The summed E-state index contributed by atoms with van der Waals surface area (Å²) in [5.74, 6) is -0.679. The van der Waals surface area contributed by atoms with Crippen LogP contribution in [0.15, 0.2) is 23.0 Å². The number of nitrogens with one attached hydrogen (secondary N) is 3. The Balaban J connectivity index is 2.15. The van der Waals surface area contributed by atoms with Crippen molar-refractivity contribution in [2.24, 2.45) is 10.2 Å². The van der Waals surface area contributed by atoms with Crippen molar-refractivity contribution >= 4 is 46.0 Å². The molecule has 1 atom stereocenters. The minimum Gasteiger partial charge on any atom is -0.505 e. The molecule has 1 aromatic heterocycles. The van der Waals surface area contributed by atoms with E-state index in [0.717, 1.165) is 6.26 Å². The number of aromatic hydroxyl groups is 2. The second kappa shape index (κ2) is 11.7. The topological polar surface area (TPSA) is 171 Å². The number of amides is 1. The van der Waals surface area contributed by atoms with Gasteiger partial charge in [-0.05, 0) is 36.5 Å². The molecule has 2 heterocycles. The first-order valence-corrected chi connectivity index (χ1v) is 16.8. The zero-order valence-corrected chi connectivity index (χ0v) is 26.7. The van der Waals surface area contributed by atoms with Crippen LogP contribution in [0.2, 0.25) is 0 Å². The molecule has 0 bridgehead atoms. The molecule has 41 heavy (non-hydrogen) atoms. The maximum absolute atomic E-state index is 14.3. The lowest BCUT2D eigenvalue weighted by molar-refractivity contribution is -0.120. The van der Waals surface area contributed by atoms with Crippen molar-refractivity contribution in [3.8, 4) is 11.6 Å². The number of sulfonamides is 1. The molecule has 228 valence electrons. The summed E-state index contributed by atoms with van der Waals surface area (Å²) in [7, 11) is -6.19. The molecule has 1 unspecified atom stereocenters. The number of hydrogen-bond donors (Lipinski definition) is 5. The fourth-order valence-corrected chi connectivity index (χ4v) is 6.87. The van der Waals surface area contributed by atoms with Crippen LogP contribution in [-0.2, 0) is 35.9 Å². The molecule has 14 heteroatoms. The number of fused-ring (bicyclic) bond motifs is 1. The summed E-state index contributed by atoms with van der Waals surface area (Å²) in [5, 5.41) is 28.5. The van der Waals surface area contributed by atoms with E-state index in [9.17, 15) is 28.0 Å². The van der Waals surface area contributed by atoms with Gasteiger partial charge in [-0.3, -0.25) is 14.1 Å². The van der Waals surface area contributed by atoms with E-state index in [1.165, 1.54) is 25.2 Å². The Hall–Kier alpha value is -3.02. The Bertz CT molecular complexity index is 1500. The zero-order chi connectivity index (χ0) is 31.0. The predicted molar refractivity (Wildman–Crippen MR) is 162 cm³/mol. The number of aromatic nitrogens is 1. The molecule has 2 aromatic rings. The van der Waals surface area contributed by atoms with Crippen LogP contribution < -0.4 is 20.7 Å². The third-order valence-electron chi connectivity index (χ3n) is 6.43. The number of carbonyl (C=O) groups excluding carboxylic acids is 1. The highest BCUT2D eigenvalue weighted by Gasteiger charge is 2.39. The van der Waals surface area contributed by atoms with Gasteiger partial charge in [0.05, 0.1) is 29.5 Å². The summed E-state index contributed by atoms with van der Waals surface area (Å²) in [6.45, 7) is 12.3. The van der Waals surface area contributed by atoms with Crippen molar-refractivity contribution in [1.82, 2.24) is 9.88 Å². The van der Waals surface area contributed by atoms with Crippen LogP contribution in [0.4, 0.5) is 11.4 Å². The van der Waals surface area contributed by atoms with E-state index < -0.39 is 23.0 Å². The van der Waals surface area contributed by atoms with Crippen molar-refractivity contribution in [2.45, 2.75) is 72.8 Å². The van der Waals surface area contributed by atoms with Crippen molar-refractivity contribution in [2.75, 3.05) is 29.9 Å². The largest absolute Gasteiger partial charge is 0.505 e. The monoisotopic (exact) mass is 611 g/mol. The molecule has 3 rings (SSSR count). The van der Waals surface area contributed by atoms with Crippen molar-refractivity contribution in [1.29, 1.82) is 0 Å². The molecule has 1 aliphatic rings. The van der Waals surface area contributed by atoms with Gasteiger partial charge in [-0.25, -0.2) is 8.42 Å². The average molecular weight is 612 g/mol. The van der Waals surface area contributed by atoms with Crippen LogP contribution in [0.5, 0.6) is 11.6 Å². The number of rotatable bonds is 10. The quantitative estimate of drug-likeness (QED) is 0.196. The van der Waals surface area contributed by atoms with E-state index in [4.69, 9.17) is 4.52 Å². The van der Waals surface area contributed by atoms with Gasteiger partial charge in [0, 0.05) is 31.1 Å². The molecule has 0 radical (unpaired) electrons. The molecule has 1 amide bonds. The fourth-order valence-electron chi connectivity index (χ4n) is 4.48. The lowest BCUT2D eigenvalue weighted by Gasteiger charge is -2.25. The smallest absolute Gasteiger partial charge is 0.348 e. The molecular formula is C27H42N5O7PS. The summed E-state index contributed by atoms with van der Waals surface area (Å²) < 4.78 is 52.2. The van der Waals surface area contributed by atoms with Gasteiger partial charge in [0.25, 0.3) is 0 Å².